The van der Waals surface area contributed by atoms with Gasteiger partial charge in [0.2, 0.25) is 0 Å². The first-order valence-corrected chi connectivity index (χ1v) is 11.5. The molecule has 0 aliphatic carbocycles. The average Bonchev–Trinajstić information content (AvgIpc) is 3.27. The van der Waals surface area contributed by atoms with Crippen LogP contribution in [0.2, 0.25) is 5.02 Å². The summed E-state index contributed by atoms with van der Waals surface area (Å²) >= 11 is 6.81. The van der Waals surface area contributed by atoms with Gasteiger partial charge in [0.05, 0.1) is 24.4 Å². The van der Waals surface area contributed by atoms with Crippen molar-refractivity contribution < 1.29 is 18.7 Å². The lowest BCUT2D eigenvalue weighted by Gasteiger charge is -2.34. The van der Waals surface area contributed by atoms with Crippen molar-refractivity contribution in [3.05, 3.63) is 46.9 Å². The van der Waals surface area contributed by atoms with Crippen molar-refractivity contribution in [1.29, 1.82) is 0 Å². The fourth-order valence-corrected chi connectivity index (χ4v) is 4.83. The molecule has 1 fully saturated rings. The smallest absolute Gasteiger partial charge is 0.260 e. The van der Waals surface area contributed by atoms with Gasteiger partial charge in [-0.05, 0) is 32.0 Å². The van der Waals surface area contributed by atoms with Gasteiger partial charge in [0.25, 0.3) is 5.91 Å². The Hall–Kier alpha value is -3.17. The van der Waals surface area contributed by atoms with Crippen LogP contribution < -0.4 is 14.8 Å². The van der Waals surface area contributed by atoms with Crippen LogP contribution >= 0.6 is 11.6 Å². The third-order valence-corrected chi connectivity index (χ3v) is 6.52. The summed E-state index contributed by atoms with van der Waals surface area (Å²) in [5, 5.41) is 7.78. The maximum Gasteiger partial charge on any atom is 0.260 e. The van der Waals surface area contributed by atoms with Gasteiger partial charge in [-0.3, -0.25) is 9.48 Å². The lowest BCUT2D eigenvalue weighted by Crippen LogP contribution is -2.54. The molecule has 4 heterocycles. The second-order valence-electron chi connectivity index (χ2n) is 8.57. The van der Waals surface area contributed by atoms with Crippen LogP contribution in [-0.2, 0) is 0 Å². The molecule has 5 rings (SSSR count). The molecule has 1 aromatic carbocycles. The standard InChI is InChI=1S/C24H25ClFN5O3/c1-13(2)31-16(7-8-28-31)21-19-23(34-12-14-11-27-9-10-30(14)24(19)32)20(25)22(29-21)18-15(26)5-4-6-17(18)33-3/h4-8,13-14,27H,9-12H2,1-3H3/t14-/m1/s1. The summed E-state index contributed by atoms with van der Waals surface area (Å²) in [6.07, 6.45) is 1.65. The molecule has 2 aromatic heterocycles. The number of carbonyl (C=O) groups excluding carboxylic acids is 1. The van der Waals surface area contributed by atoms with Crippen LogP contribution in [0.15, 0.2) is 30.5 Å². The highest BCUT2D eigenvalue weighted by Crippen LogP contribution is 2.46. The number of amides is 1. The Morgan fingerprint density at radius 1 is 1.26 bits per heavy atom. The number of fused-ring (bicyclic) bond motifs is 2. The Balaban J connectivity index is 1.83. The number of halogens is 2. The number of aromatic nitrogens is 3. The van der Waals surface area contributed by atoms with Crippen molar-refractivity contribution in [2.45, 2.75) is 25.9 Å². The van der Waals surface area contributed by atoms with Gasteiger partial charge in [-0.1, -0.05) is 17.7 Å². The highest BCUT2D eigenvalue weighted by atomic mass is 35.5. The number of hydrogen-bond acceptors (Lipinski definition) is 6. The van der Waals surface area contributed by atoms with Crippen molar-refractivity contribution >= 4 is 17.5 Å². The Labute approximate surface area is 201 Å². The van der Waals surface area contributed by atoms with E-state index in [1.54, 1.807) is 34.0 Å². The third kappa shape index (κ3) is 3.59. The molecule has 1 atom stereocenters. The molecule has 8 nitrogen and oxygen atoms in total. The van der Waals surface area contributed by atoms with Crippen molar-refractivity contribution in [2.75, 3.05) is 33.4 Å². The van der Waals surface area contributed by atoms with E-state index >= 15 is 4.39 Å². The highest BCUT2D eigenvalue weighted by molar-refractivity contribution is 6.35. The molecule has 0 saturated carbocycles. The van der Waals surface area contributed by atoms with Gasteiger partial charge < -0.3 is 19.7 Å². The molecule has 2 aliphatic rings. The van der Waals surface area contributed by atoms with E-state index in [0.717, 1.165) is 0 Å². The lowest BCUT2D eigenvalue weighted by atomic mass is 10.0. The largest absolute Gasteiger partial charge is 0.496 e. The van der Waals surface area contributed by atoms with E-state index in [9.17, 15) is 4.79 Å². The number of nitrogens with zero attached hydrogens (tertiary/aromatic N) is 4. The topological polar surface area (TPSA) is 81.5 Å². The lowest BCUT2D eigenvalue weighted by molar-refractivity contribution is 0.0607. The number of benzene rings is 1. The zero-order valence-corrected chi connectivity index (χ0v) is 19.9. The van der Waals surface area contributed by atoms with Gasteiger partial charge in [-0.2, -0.15) is 5.10 Å². The molecule has 0 bridgehead atoms. The summed E-state index contributed by atoms with van der Waals surface area (Å²) in [4.78, 5) is 20.4. The first-order valence-electron chi connectivity index (χ1n) is 11.2. The first-order chi connectivity index (χ1) is 16.4. The van der Waals surface area contributed by atoms with E-state index in [1.807, 2.05) is 13.8 Å². The maximum absolute atomic E-state index is 15.1. The summed E-state index contributed by atoms with van der Waals surface area (Å²) in [7, 11) is 1.45. The minimum atomic E-state index is -0.543. The Bertz CT molecular complexity index is 1260. The zero-order chi connectivity index (χ0) is 24.0. The summed E-state index contributed by atoms with van der Waals surface area (Å²) in [5.41, 5.74) is 1.47. The number of nitrogens with one attached hydrogen (secondary N) is 1. The zero-order valence-electron chi connectivity index (χ0n) is 19.1. The van der Waals surface area contributed by atoms with Crippen LogP contribution in [0.3, 0.4) is 0 Å². The van der Waals surface area contributed by atoms with Crippen LogP contribution in [-0.4, -0.2) is 65.0 Å². The summed E-state index contributed by atoms with van der Waals surface area (Å²) in [5.74, 6) is -0.285. The van der Waals surface area contributed by atoms with Crippen LogP contribution in [0.25, 0.3) is 22.6 Å². The van der Waals surface area contributed by atoms with Gasteiger partial charge in [0, 0.05) is 31.9 Å². The quantitative estimate of drug-likeness (QED) is 0.605. The minimum Gasteiger partial charge on any atom is -0.496 e. The fourth-order valence-electron chi connectivity index (χ4n) is 4.54. The average molecular weight is 486 g/mol. The van der Waals surface area contributed by atoms with E-state index in [0.29, 0.717) is 31.0 Å². The molecule has 178 valence electrons. The molecule has 0 unspecified atom stereocenters. The second kappa shape index (κ2) is 8.88. The number of hydrogen-bond donors (Lipinski definition) is 1. The Kier molecular flexibility index (Phi) is 5.91. The van der Waals surface area contributed by atoms with Crippen LogP contribution in [0.4, 0.5) is 4.39 Å². The number of methoxy groups -OCH3 is 1. The molecular weight excluding hydrogens is 461 g/mol. The van der Waals surface area contributed by atoms with E-state index in [-0.39, 0.29) is 57.9 Å². The van der Waals surface area contributed by atoms with E-state index in [1.165, 1.54) is 13.2 Å². The van der Waals surface area contributed by atoms with Crippen molar-refractivity contribution in [3.8, 4) is 34.1 Å². The summed E-state index contributed by atoms with van der Waals surface area (Å²) in [6.45, 7) is 6.05. The summed E-state index contributed by atoms with van der Waals surface area (Å²) < 4.78 is 28.4. The SMILES string of the molecule is COc1cccc(F)c1-c1nc(-c2ccnn2C(C)C)c2c(c1Cl)OC[C@H]1CNCCN1C2=O. The monoisotopic (exact) mass is 485 g/mol. The Morgan fingerprint density at radius 3 is 2.85 bits per heavy atom. The molecule has 10 heteroatoms. The van der Waals surface area contributed by atoms with Crippen molar-refractivity contribution in [2.24, 2.45) is 0 Å². The maximum atomic E-state index is 15.1. The second-order valence-corrected chi connectivity index (χ2v) is 8.94. The predicted octanol–water partition coefficient (Wildman–Crippen LogP) is 3.80. The number of piperazine rings is 1. The molecule has 34 heavy (non-hydrogen) atoms. The van der Waals surface area contributed by atoms with Crippen LogP contribution in [0, 0.1) is 5.82 Å². The van der Waals surface area contributed by atoms with Crippen molar-refractivity contribution in [1.82, 2.24) is 25.0 Å². The third-order valence-electron chi connectivity index (χ3n) is 6.17. The van der Waals surface area contributed by atoms with Gasteiger partial charge in [-0.15, -0.1) is 0 Å². The van der Waals surface area contributed by atoms with E-state index < -0.39 is 5.82 Å². The van der Waals surface area contributed by atoms with Gasteiger partial charge in [-0.25, -0.2) is 9.37 Å². The first kappa shape index (κ1) is 22.6. The number of rotatable bonds is 4. The van der Waals surface area contributed by atoms with Crippen LogP contribution in [0.1, 0.15) is 30.2 Å². The molecular formula is C24H25ClFN5O3. The molecule has 1 amide bonds. The number of carbonyl (C=O) groups is 1. The molecule has 1 saturated heterocycles. The molecule has 1 N–H and O–H groups in total. The number of pyridine rings is 1. The number of ether oxygens (including phenoxy) is 2. The van der Waals surface area contributed by atoms with Gasteiger partial charge in [0.1, 0.15) is 40.1 Å². The summed E-state index contributed by atoms with van der Waals surface area (Å²) in [6, 6.07) is 6.13. The Morgan fingerprint density at radius 2 is 2.09 bits per heavy atom. The van der Waals surface area contributed by atoms with E-state index in [2.05, 4.69) is 10.4 Å². The highest BCUT2D eigenvalue weighted by Gasteiger charge is 2.38. The van der Waals surface area contributed by atoms with Gasteiger partial charge >= 0.3 is 0 Å². The van der Waals surface area contributed by atoms with Crippen LogP contribution in [0.5, 0.6) is 11.5 Å². The van der Waals surface area contributed by atoms with Gasteiger partial charge in [0.15, 0.2) is 5.75 Å². The predicted molar refractivity (Wildman–Crippen MR) is 126 cm³/mol. The fraction of sp³-hybridized carbons (Fsp3) is 0.375. The van der Waals surface area contributed by atoms with Crippen molar-refractivity contribution in [3.63, 3.8) is 0 Å². The normalized spacial score (nSPS) is 17.8. The molecule has 2 aliphatic heterocycles. The molecule has 3 aromatic rings. The molecule has 0 spiro atoms. The molecule has 0 radical (unpaired) electrons. The van der Waals surface area contributed by atoms with E-state index in [4.69, 9.17) is 26.1 Å². The minimum absolute atomic E-state index is 0.00157.